The van der Waals surface area contributed by atoms with E-state index in [0.717, 1.165) is 18.5 Å². The summed E-state index contributed by atoms with van der Waals surface area (Å²) < 4.78 is 0. The molecule has 1 amide bonds. The first-order chi connectivity index (χ1) is 9.49. The summed E-state index contributed by atoms with van der Waals surface area (Å²) in [4.78, 5) is 14.9. The fourth-order valence-electron chi connectivity index (χ4n) is 2.63. The molecule has 1 aromatic rings. The number of nitrogens with zero attached hydrogens (tertiary/aromatic N) is 1. The van der Waals surface area contributed by atoms with E-state index >= 15 is 0 Å². The van der Waals surface area contributed by atoms with Crippen molar-refractivity contribution in [3.63, 3.8) is 0 Å². The molecule has 0 saturated heterocycles. The number of hydrogen-bond donors (Lipinski definition) is 2. The van der Waals surface area contributed by atoms with Crippen LogP contribution in [0.4, 0.5) is 5.69 Å². The van der Waals surface area contributed by atoms with E-state index < -0.39 is 0 Å². The number of hydrogen-bond acceptors (Lipinski definition) is 3. The van der Waals surface area contributed by atoms with Gasteiger partial charge >= 0.3 is 0 Å². The van der Waals surface area contributed by atoms with Crippen LogP contribution in [-0.2, 0) is 11.2 Å². The Kier molecular flexibility index (Phi) is 4.73. The van der Waals surface area contributed by atoms with E-state index in [0.29, 0.717) is 11.4 Å². The molecule has 0 saturated carbocycles. The van der Waals surface area contributed by atoms with Gasteiger partial charge in [-0.15, -0.1) is 0 Å². The zero-order valence-corrected chi connectivity index (χ0v) is 12.7. The lowest BCUT2D eigenvalue weighted by Gasteiger charge is -2.31. The lowest BCUT2D eigenvalue weighted by Crippen LogP contribution is -2.46. The largest absolute Gasteiger partial charge is 0.393 e. The molecule has 1 aromatic carbocycles. The number of rotatable bonds is 4. The van der Waals surface area contributed by atoms with Gasteiger partial charge in [0.25, 0.3) is 0 Å². The fourth-order valence-corrected chi connectivity index (χ4v) is 2.87. The van der Waals surface area contributed by atoms with E-state index in [4.69, 9.17) is 18.0 Å². The number of aryl methyl sites for hydroxylation is 1. The van der Waals surface area contributed by atoms with Crippen LogP contribution in [-0.4, -0.2) is 34.9 Å². The minimum Gasteiger partial charge on any atom is -0.393 e. The standard InChI is InChI=1S/C15H21N3OS/c1-10(9-14(16)20)18(2)13-8-7-11-5-3-4-6-12(11)17-15(13)19/h3-6,10,13H,7-9H2,1-2H3,(H2,16,20)(H,17,19). The van der Waals surface area contributed by atoms with Crippen molar-refractivity contribution in [2.45, 2.75) is 38.3 Å². The number of anilines is 1. The quantitative estimate of drug-likeness (QED) is 0.832. The number of thiocarbonyl (C=S) groups is 1. The van der Waals surface area contributed by atoms with E-state index in [-0.39, 0.29) is 18.0 Å². The Morgan fingerprint density at radius 2 is 2.25 bits per heavy atom. The second kappa shape index (κ2) is 6.33. The molecule has 1 aliphatic rings. The number of carbonyl (C=O) groups is 1. The van der Waals surface area contributed by atoms with Gasteiger partial charge < -0.3 is 11.1 Å². The highest BCUT2D eigenvalue weighted by molar-refractivity contribution is 7.80. The average Bonchev–Trinajstić information content (AvgIpc) is 2.55. The minimum absolute atomic E-state index is 0.0484. The summed E-state index contributed by atoms with van der Waals surface area (Å²) in [6, 6.07) is 7.98. The Bertz CT molecular complexity index is 518. The zero-order valence-electron chi connectivity index (χ0n) is 11.9. The smallest absolute Gasteiger partial charge is 0.241 e. The fraction of sp³-hybridized carbons (Fsp3) is 0.467. The Hall–Kier alpha value is -1.46. The summed E-state index contributed by atoms with van der Waals surface area (Å²) in [7, 11) is 1.96. The van der Waals surface area contributed by atoms with Crippen LogP contribution >= 0.6 is 12.2 Å². The molecule has 0 bridgehead atoms. The Morgan fingerprint density at radius 1 is 1.55 bits per heavy atom. The van der Waals surface area contributed by atoms with Crippen LogP contribution in [0.3, 0.4) is 0 Å². The molecule has 20 heavy (non-hydrogen) atoms. The second-order valence-corrected chi connectivity index (χ2v) is 5.91. The second-order valence-electron chi connectivity index (χ2n) is 5.39. The molecule has 0 radical (unpaired) electrons. The van der Waals surface area contributed by atoms with Gasteiger partial charge in [-0.25, -0.2) is 0 Å². The van der Waals surface area contributed by atoms with E-state index in [2.05, 4.69) is 16.3 Å². The van der Waals surface area contributed by atoms with E-state index in [1.165, 1.54) is 5.56 Å². The summed E-state index contributed by atoms with van der Waals surface area (Å²) >= 11 is 4.96. The zero-order chi connectivity index (χ0) is 14.7. The van der Waals surface area contributed by atoms with Crippen LogP contribution in [0.2, 0.25) is 0 Å². The van der Waals surface area contributed by atoms with Crippen molar-refractivity contribution in [1.82, 2.24) is 4.90 Å². The first kappa shape index (κ1) is 14.9. The van der Waals surface area contributed by atoms with E-state index in [1.807, 2.05) is 32.2 Å². The third kappa shape index (κ3) is 3.35. The summed E-state index contributed by atoms with van der Waals surface area (Å²) in [6.45, 7) is 2.05. The van der Waals surface area contributed by atoms with Crippen LogP contribution in [0.15, 0.2) is 24.3 Å². The van der Waals surface area contributed by atoms with Crippen molar-refractivity contribution >= 4 is 28.8 Å². The predicted octanol–water partition coefficient (Wildman–Crippen LogP) is 1.94. The van der Waals surface area contributed by atoms with Gasteiger partial charge in [0.15, 0.2) is 0 Å². The van der Waals surface area contributed by atoms with Crippen LogP contribution in [0, 0.1) is 0 Å². The number of para-hydroxylation sites is 1. The van der Waals surface area contributed by atoms with Gasteiger partial charge in [0.05, 0.1) is 11.0 Å². The molecule has 1 aliphatic heterocycles. The lowest BCUT2D eigenvalue weighted by atomic mass is 10.0. The monoisotopic (exact) mass is 291 g/mol. The van der Waals surface area contributed by atoms with Gasteiger partial charge in [-0.2, -0.15) is 0 Å². The van der Waals surface area contributed by atoms with Gasteiger partial charge in [0.2, 0.25) is 5.91 Å². The maximum absolute atomic E-state index is 12.4. The van der Waals surface area contributed by atoms with Crippen molar-refractivity contribution in [1.29, 1.82) is 0 Å². The van der Waals surface area contributed by atoms with Crippen molar-refractivity contribution in [3.8, 4) is 0 Å². The van der Waals surface area contributed by atoms with Crippen molar-refractivity contribution in [3.05, 3.63) is 29.8 Å². The maximum atomic E-state index is 12.4. The van der Waals surface area contributed by atoms with Gasteiger partial charge in [-0.1, -0.05) is 30.4 Å². The maximum Gasteiger partial charge on any atom is 0.241 e. The van der Waals surface area contributed by atoms with E-state index in [1.54, 1.807) is 0 Å². The van der Waals surface area contributed by atoms with Crippen LogP contribution in [0.1, 0.15) is 25.3 Å². The SMILES string of the molecule is CC(CC(N)=S)N(C)C1CCc2ccccc2NC1=O. The summed E-state index contributed by atoms with van der Waals surface area (Å²) in [6.07, 6.45) is 2.33. The number of nitrogens with two attached hydrogens (primary N) is 1. The summed E-state index contributed by atoms with van der Waals surface area (Å²) in [5.74, 6) is 0.0484. The molecule has 2 unspecified atom stereocenters. The molecule has 0 spiro atoms. The first-order valence-electron chi connectivity index (χ1n) is 6.88. The highest BCUT2D eigenvalue weighted by Crippen LogP contribution is 2.24. The topological polar surface area (TPSA) is 58.4 Å². The first-order valence-corrected chi connectivity index (χ1v) is 7.29. The number of likely N-dealkylation sites (N-methyl/N-ethyl adjacent to an activating group) is 1. The molecule has 0 fully saturated rings. The van der Waals surface area contributed by atoms with Crippen molar-refractivity contribution < 1.29 is 4.79 Å². The lowest BCUT2D eigenvalue weighted by molar-refractivity contribution is -0.121. The minimum atomic E-state index is -0.147. The van der Waals surface area contributed by atoms with Gasteiger partial charge in [0.1, 0.15) is 0 Å². The Labute approximate surface area is 125 Å². The molecule has 2 rings (SSSR count). The molecular weight excluding hydrogens is 270 g/mol. The molecule has 2 atom stereocenters. The van der Waals surface area contributed by atoms with Crippen LogP contribution < -0.4 is 11.1 Å². The predicted molar refractivity (Wildman–Crippen MR) is 85.8 cm³/mol. The molecule has 0 aromatic heterocycles. The van der Waals surface area contributed by atoms with Gasteiger partial charge in [0, 0.05) is 18.2 Å². The summed E-state index contributed by atoms with van der Waals surface area (Å²) in [5, 5.41) is 3.02. The molecule has 108 valence electrons. The average molecular weight is 291 g/mol. The van der Waals surface area contributed by atoms with Crippen LogP contribution in [0.5, 0.6) is 0 Å². The molecule has 0 aliphatic carbocycles. The highest BCUT2D eigenvalue weighted by atomic mass is 32.1. The number of fused-ring (bicyclic) bond motifs is 1. The van der Waals surface area contributed by atoms with Crippen molar-refractivity contribution in [2.24, 2.45) is 5.73 Å². The van der Waals surface area contributed by atoms with Crippen LogP contribution in [0.25, 0.3) is 0 Å². The van der Waals surface area contributed by atoms with E-state index in [9.17, 15) is 4.79 Å². The molecule has 4 nitrogen and oxygen atoms in total. The van der Waals surface area contributed by atoms with Gasteiger partial charge in [-0.05, 0) is 38.4 Å². The van der Waals surface area contributed by atoms with Gasteiger partial charge in [-0.3, -0.25) is 9.69 Å². The normalized spacial score (nSPS) is 19.9. The Morgan fingerprint density at radius 3 is 2.95 bits per heavy atom. The number of amides is 1. The molecular formula is C15H21N3OS. The number of carbonyl (C=O) groups excluding carboxylic acids is 1. The molecule has 3 N–H and O–H groups in total. The molecule has 5 heteroatoms. The third-order valence-corrected chi connectivity index (χ3v) is 4.12. The number of nitrogens with one attached hydrogen (secondary N) is 1. The highest BCUT2D eigenvalue weighted by Gasteiger charge is 2.29. The third-order valence-electron chi connectivity index (χ3n) is 3.95. The van der Waals surface area contributed by atoms with Crippen molar-refractivity contribution in [2.75, 3.05) is 12.4 Å². The summed E-state index contributed by atoms with van der Waals surface area (Å²) in [5.41, 5.74) is 7.72. The molecule has 1 heterocycles. The Balaban J connectivity index is 2.11. The number of benzene rings is 1.